The molecule has 1 aromatic carbocycles. The normalized spacial score (nSPS) is 14.9. The lowest BCUT2D eigenvalue weighted by Crippen LogP contribution is -2.43. The number of rotatable bonds is 10. The maximum Gasteiger partial charge on any atom is 0.251 e. The molecule has 3 N–H and O–H groups in total. The van der Waals surface area contributed by atoms with Crippen LogP contribution in [0, 0.1) is 17.2 Å². The Kier molecular flexibility index (Phi) is 11.2. The number of hydrogen-bond acceptors (Lipinski definition) is 8. The highest BCUT2D eigenvalue weighted by molar-refractivity contribution is 7.11. The molecule has 1 aliphatic carbocycles. The molecule has 45 heavy (non-hydrogen) atoms. The van der Waals surface area contributed by atoms with E-state index in [2.05, 4.69) is 22.8 Å². The van der Waals surface area contributed by atoms with Crippen molar-refractivity contribution in [3.63, 3.8) is 0 Å². The van der Waals surface area contributed by atoms with Crippen molar-refractivity contribution in [1.29, 1.82) is 5.26 Å². The lowest BCUT2D eigenvalue weighted by molar-refractivity contribution is -0.126. The molecule has 0 saturated carbocycles. The van der Waals surface area contributed by atoms with E-state index in [0.29, 0.717) is 17.7 Å². The highest BCUT2D eigenvalue weighted by atomic mass is 32.1. The number of allylic oxidation sites excluding steroid dienone is 2. The topological polar surface area (TPSA) is 115 Å². The second kappa shape index (κ2) is 15.6. The first-order valence-corrected chi connectivity index (χ1v) is 17.2. The fourth-order valence-corrected chi connectivity index (χ4v) is 7.64. The minimum atomic E-state index is -1.14. The number of thiophene rings is 3. The molecule has 1 aliphatic rings. The maximum atomic E-state index is 12.3. The summed E-state index contributed by atoms with van der Waals surface area (Å²) in [6, 6.07) is 24.1. The van der Waals surface area contributed by atoms with Crippen molar-refractivity contribution in [3.8, 4) is 6.07 Å². The molecular weight excluding hydrogens is 623 g/mol. The summed E-state index contributed by atoms with van der Waals surface area (Å²) in [6.45, 7) is 0.650. The van der Waals surface area contributed by atoms with Crippen LogP contribution < -0.4 is 10.6 Å². The van der Waals surface area contributed by atoms with Crippen LogP contribution in [0.15, 0.2) is 112 Å². The van der Waals surface area contributed by atoms with E-state index in [1.807, 2.05) is 70.7 Å². The summed E-state index contributed by atoms with van der Waals surface area (Å²) >= 11 is 4.65. The largest absolute Gasteiger partial charge is 0.469 e. The zero-order valence-electron chi connectivity index (χ0n) is 24.4. The smallest absolute Gasteiger partial charge is 0.251 e. The molecule has 0 bridgehead atoms. The van der Waals surface area contributed by atoms with Gasteiger partial charge in [-0.15, -0.1) is 34.0 Å². The molecule has 0 fully saturated rings. The molecule has 4 heterocycles. The Bertz CT molecular complexity index is 1640. The molecule has 2 unspecified atom stereocenters. The molecule has 0 radical (unpaired) electrons. The number of hydrogen-bond donors (Lipinski definition) is 3. The number of carbonyl (C=O) groups excluding carboxylic acids is 2. The molecule has 230 valence electrons. The lowest BCUT2D eigenvalue weighted by Gasteiger charge is -2.27. The van der Waals surface area contributed by atoms with Gasteiger partial charge < -0.3 is 20.2 Å². The van der Waals surface area contributed by atoms with Gasteiger partial charge in [0.1, 0.15) is 11.4 Å². The van der Waals surface area contributed by atoms with Crippen LogP contribution in [-0.2, 0) is 10.4 Å². The summed E-state index contributed by atoms with van der Waals surface area (Å²) in [7, 11) is 0. The van der Waals surface area contributed by atoms with Crippen LogP contribution in [0.2, 0.25) is 0 Å². The fourth-order valence-electron chi connectivity index (χ4n) is 5.06. The van der Waals surface area contributed by atoms with E-state index >= 15 is 0 Å². The number of nitrogens with zero attached hydrogens (tertiary/aromatic N) is 1. The molecule has 2 amide bonds. The Labute approximate surface area is 274 Å². The summed E-state index contributed by atoms with van der Waals surface area (Å²) in [4.78, 5) is 27.5. The zero-order valence-corrected chi connectivity index (χ0v) is 26.9. The molecule has 10 heteroatoms. The highest BCUT2D eigenvalue weighted by Crippen LogP contribution is 2.35. The third kappa shape index (κ3) is 8.26. The van der Waals surface area contributed by atoms with E-state index in [0.717, 1.165) is 39.7 Å². The van der Waals surface area contributed by atoms with Gasteiger partial charge in [-0.25, -0.2) is 0 Å². The molecule has 4 aromatic heterocycles. The van der Waals surface area contributed by atoms with E-state index < -0.39 is 5.60 Å². The van der Waals surface area contributed by atoms with Crippen LogP contribution in [0.3, 0.4) is 0 Å². The van der Waals surface area contributed by atoms with Gasteiger partial charge in [-0.05, 0) is 83.9 Å². The van der Waals surface area contributed by atoms with Gasteiger partial charge in [0.2, 0.25) is 5.91 Å². The van der Waals surface area contributed by atoms with E-state index in [4.69, 9.17) is 9.68 Å². The van der Waals surface area contributed by atoms with Crippen molar-refractivity contribution < 1.29 is 19.1 Å². The molecule has 0 aliphatic heterocycles. The number of nitrogens with one attached hydrogen (secondary N) is 2. The number of benzene rings is 1. The molecule has 5 aromatic rings. The SMILES string of the molecule is N#Cc1cccc(C(=O)NCC(c2ccco2)c2cccs2)c1.O=C(NCC(O)(c1cccs1)c1cccs1)C1CC=CCC1. The fraction of sp³-hybridized carbons (Fsp3) is 0.229. The van der Waals surface area contributed by atoms with Gasteiger partial charge in [-0.2, -0.15) is 5.26 Å². The molecule has 7 nitrogen and oxygen atoms in total. The third-order valence-electron chi connectivity index (χ3n) is 7.51. The van der Waals surface area contributed by atoms with Gasteiger partial charge in [0.05, 0.1) is 30.4 Å². The van der Waals surface area contributed by atoms with Crippen molar-refractivity contribution in [1.82, 2.24) is 10.6 Å². The average molecular weight is 656 g/mol. The minimum Gasteiger partial charge on any atom is -0.469 e. The average Bonchev–Trinajstić information content (AvgIpc) is 3.92. The third-order valence-corrected chi connectivity index (χ3v) is 10.5. The molecule has 6 rings (SSSR count). The van der Waals surface area contributed by atoms with E-state index in [-0.39, 0.29) is 30.2 Å². The number of aliphatic hydroxyl groups is 1. The Hall–Kier alpha value is -4.27. The van der Waals surface area contributed by atoms with Gasteiger partial charge >= 0.3 is 0 Å². The van der Waals surface area contributed by atoms with Crippen LogP contribution in [0.25, 0.3) is 0 Å². The summed E-state index contributed by atoms with van der Waals surface area (Å²) in [5, 5.41) is 31.9. The quantitative estimate of drug-likeness (QED) is 0.137. The molecule has 2 atom stereocenters. The van der Waals surface area contributed by atoms with E-state index in [1.165, 1.54) is 22.7 Å². The second-order valence-corrected chi connectivity index (χ2v) is 13.4. The Balaban J connectivity index is 0.000000178. The van der Waals surface area contributed by atoms with Crippen LogP contribution >= 0.6 is 34.0 Å². The van der Waals surface area contributed by atoms with Crippen molar-refractivity contribution in [2.24, 2.45) is 5.92 Å². The Morgan fingerprint density at radius 3 is 2.31 bits per heavy atom. The molecule has 0 spiro atoms. The molecular formula is C35H33N3O4S3. The van der Waals surface area contributed by atoms with Crippen LogP contribution in [0.5, 0.6) is 0 Å². The summed E-state index contributed by atoms with van der Waals surface area (Å²) in [5.74, 6) is 0.665. The number of nitriles is 1. The van der Waals surface area contributed by atoms with Crippen LogP contribution in [0.4, 0.5) is 0 Å². The summed E-state index contributed by atoms with van der Waals surface area (Å²) in [5.41, 5.74) is -0.186. The maximum absolute atomic E-state index is 12.3. The summed E-state index contributed by atoms with van der Waals surface area (Å²) < 4.78 is 5.51. The van der Waals surface area contributed by atoms with Crippen LogP contribution in [0.1, 0.15) is 61.5 Å². The summed E-state index contributed by atoms with van der Waals surface area (Å²) in [6.07, 6.45) is 8.46. The first-order valence-electron chi connectivity index (χ1n) is 14.6. The Morgan fingerprint density at radius 1 is 0.956 bits per heavy atom. The number of carbonyl (C=O) groups is 2. The van der Waals surface area contributed by atoms with E-state index in [9.17, 15) is 14.7 Å². The van der Waals surface area contributed by atoms with Crippen LogP contribution in [-0.4, -0.2) is 30.0 Å². The molecule has 0 saturated heterocycles. The lowest BCUT2D eigenvalue weighted by atomic mass is 9.93. The van der Waals surface area contributed by atoms with Crippen molar-refractivity contribution in [3.05, 3.63) is 139 Å². The van der Waals surface area contributed by atoms with Gasteiger partial charge in [-0.1, -0.05) is 36.4 Å². The van der Waals surface area contributed by atoms with Gasteiger partial charge in [0.15, 0.2) is 0 Å². The Morgan fingerprint density at radius 2 is 1.71 bits per heavy atom. The van der Waals surface area contributed by atoms with Crippen molar-refractivity contribution >= 4 is 45.8 Å². The predicted molar refractivity (Wildman–Crippen MR) is 179 cm³/mol. The van der Waals surface area contributed by atoms with Crippen molar-refractivity contribution in [2.75, 3.05) is 13.1 Å². The monoisotopic (exact) mass is 655 g/mol. The standard InChI is InChI=1S/C18H14N2O2S.C17H19NO2S2/c19-11-13-4-1-5-14(10-13)18(21)20-12-15(16-6-2-8-22-16)17-7-3-9-23-17;19-16(13-6-2-1-3-7-13)18-12-17(20,14-8-4-10-21-14)15-9-5-11-22-15/h1-10,15H,12H2,(H,20,21);1-2,4-5,8-11,13,20H,3,6-7,12H2,(H,18,19). The zero-order chi connectivity index (χ0) is 31.5. The van der Waals surface area contributed by atoms with Crippen molar-refractivity contribution in [2.45, 2.75) is 30.8 Å². The number of amides is 2. The van der Waals surface area contributed by atoms with E-state index in [1.54, 1.807) is 41.9 Å². The highest BCUT2D eigenvalue weighted by Gasteiger charge is 2.35. The predicted octanol–water partition coefficient (Wildman–Crippen LogP) is 7.29. The first-order chi connectivity index (χ1) is 22.0. The second-order valence-electron chi connectivity index (χ2n) is 10.5. The number of furan rings is 1. The minimum absolute atomic E-state index is 0.0203. The van der Waals surface area contributed by atoms with Gasteiger partial charge in [0.25, 0.3) is 5.91 Å². The first kappa shape index (κ1) is 32.1. The van der Waals surface area contributed by atoms with Gasteiger partial charge in [0, 0.05) is 32.7 Å². The van der Waals surface area contributed by atoms with Gasteiger partial charge in [-0.3, -0.25) is 9.59 Å².